The van der Waals surface area contributed by atoms with Gasteiger partial charge in [-0.2, -0.15) is 0 Å². The molecule has 29 heavy (non-hydrogen) atoms. The van der Waals surface area contributed by atoms with Gasteiger partial charge in [0.25, 0.3) is 0 Å². The maximum absolute atomic E-state index is 12.6. The molecule has 0 unspecified atom stereocenters. The summed E-state index contributed by atoms with van der Waals surface area (Å²) in [4.78, 5) is 43.4. The summed E-state index contributed by atoms with van der Waals surface area (Å²) in [6, 6.07) is 6.18. The van der Waals surface area contributed by atoms with Gasteiger partial charge in [-0.15, -0.1) is 11.3 Å². The van der Waals surface area contributed by atoms with Gasteiger partial charge in [-0.1, -0.05) is 6.07 Å². The lowest BCUT2D eigenvalue weighted by Crippen LogP contribution is -2.36. The van der Waals surface area contributed by atoms with E-state index in [1.807, 2.05) is 24.0 Å². The number of thiazole rings is 1. The molecule has 1 aliphatic carbocycles. The molecule has 1 atom stereocenters. The number of aromatic nitrogens is 1. The van der Waals surface area contributed by atoms with Crippen LogP contribution < -0.4 is 10.2 Å². The molecular weight excluding hydrogens is 390 g/mol. The first-order chi connectivity index (χ1) is 13.9. The number of amides is 2. The first-order valence-corrected chi connectivity index (χ1v) is 10.6. The highest BCUT2D eigenvalue weighted by Crippen LogP contribution is 2.41. The van der Waals surface area contributed by atoms with Crippen LogP contribution in [0.2, 0.25) is 0 Å². The van der Waals surface area contributed by atoms with E-state index in [0.717, 1.165) is 46.6 Å². The highest BCUT2D eigenvalue weighted by molar-refractivity contribution is 7.16. The first kappa shape index (κ1) is 19.6. The molecule has 0 radical (unpaired) electrons. The summed E-state index contributed by atoms with van der Waals surface area (Å²) in [5, 5.41) is 2.86. The van der Waals surface area contributed by atoms with Crippen molar-refractivity contribution in [3.05, 3.63) is 28.6 Å². The van der Waals surface area contributed by atoms with Crippen molar-refractivity contribution < 1.29 is 19.1 Å². The third-order valence-electron chi connectivity index (χ3n) is 5.21. The van der Waals surface area contributed by atoms with Crippen molar-refractivity contribution in [3.8, 4) is 11.3 Å². The lowest BCUT2D eigenvalue weighted by molar-refractivity contribution is -0.152. The number of carbonyl (C=O) groups excluding carboxylic acids is 3. The van der Waals surface area contributed by atoms with Crippen molar-refractivity contribution in [2.45, 2.75) is 46.1 Å². The smallest absolute Gasteiger partial charge is 0.397 e. The standard InChI is InChI=1S/C21H23N3O4S/c1-4-28-20(27)18(25)23-21-22-17(12(3)29-21)14-7-8-16-15(10-14)9-11(2)24(16)19(26)13-5-6-13/h7-8,10-11,13H,4-6,9H2,1-3H3,(H,22,23,25)/t11-/m1/s1. The molecule has 0 bridgehead atoms. The highest BCUT2D eigenvalue weighted by atomic mass is 32.1. The summed E-state index contributed by atoms with van der Waals surface area (Å²) in [7, 11) is 0. The van der Waals surface area contributed by atoms with Gasteiger partial charge in [0, 0.05) is 28.1 Å². The Labute approximate surface area is 173 Å². The van der Waals surface area contributed by atoms with Crippen LogP contribution in [-0.2, 0) is 25.5 Å². The summed E-state index contributed by atoms with van der Waals surface area (Å²) in [6.45, 7) is 5.79. The maximum Gasteiger partial charge on any atom is 0.397 e. The number of ether oxygens (including phenoxy) is 1. The molecule has 2 aromatic rings. The van der Waals surface area contributed by atoms with Crippen LogP contribution in [0.15, 0.2) is 18.2 Å². The molecule has 1 fully saturated rings. The van der Waals surface area contributed by atoms with Gasteiger partial charge in [-0.3, -0.25) is 14.9 Å². The van der Waals surface area contributed by atoms with E-state index in [9.17, 15) is 14.4 Å². The van der Waals surface area contributed by atoms with Gasteiger partial charge >= 0.3 is 11.9 Å². The van der Waals surface area contributed by atoms with Gasteiger partial charge in [0.15, 0.2) is 5.13 Å². The fourth-order valence-corrected chi connectivity index (χ4v) is 4.53. The third-order valence-corrected chi connectivity index (χ3v) is 6.10. The maximum atomic E-state index is 12.6. The number of hydrogen-bond acceptors (Lipinski definition) is 6. The molecule has 2 amide bonds. The zero-order valence-corrected chi connectivity index (χ0v) is 17.5. The van der Waals surface area contributed by atoms with Crippen molar-refractivity contribution in [2.75, 3.05) is 16.8 Å². The molecule has 0 spiro atoms. The minimum atomic E-state index is -0.922. The van der Waals surface area contributed by atoms with Crippen molar-refractivity contribution >= 4 is 39.9 Å². The molecule has 1 aromatic carbocycles. The monoisotopic (exact) mass is 413 g/mol. The SMILES string of the molecule is CCOC(=O)C(=O)Nc1nc(-c2ccc3c(c2)C[C@@H](C)N3C(=O)C2CC2)c(C)s1. The number of benzene rings is 1. The Kier molecular flexibility index (Phi) is 5.12. The minimum Gasteiger partial charge on any atom is -0.459 e. The van der Waals surface area contributed by atoms with Crippen LogP contribution >= 0.6 is 11.3 Å². The van der Waals surface area contributed by atoms with Gasteiger partial charge in [0.1, 0.15) is 0 Å². The van der Waals surface area contributed by atoms with Gasteiger partial charge < -0.3 is 9.64 Å². The Morgan fingerprint density at radius 2 is 2.07 bits per heavy atom. The molecule has 152 valence electrons. The predicted octanol–water partition coefficient (Wildman–Crippen LogP) is 3.31. The number of nitrogens with one attached hydrogen (secondary N) is 1. The molecule has 0 saturated heterocycles. The minimum absolute atomic E-state index is 0.141. The number of rotatable bonds is 4. The number of nitrogens with zero attached hydrogens (tertiary/aromatic N) is 2. The summed E-state index contributed by atoms with van der Waals surface area (Å²) in [6.07, 6.45) is 2.80. The molecule has 8 heteroatoms. The summed E-state index contributed by atoms with van der Waals surface area (Å²) in [5.74, 6) is -1.33. The lowest BCUT2D eigenvalue weighted by atomic mass is 10.0. The Bertz CT molecular complexity index is 996. The number of hydrogen-bond donors (Lipinski definition) is 1. The average molecular weight is 413 g/mol. The van der Waals surface area contributed by atoms with E-state index in [0.29, 0.717) is 5.13 Å². The number of esters is 1. The van der Waals surface area contributed by atoms with Gasteiger partial charge in [0.05, 0.1) is 12.3 Å². The van der Waals surface area contributed by atoms with E-state index >= 15 is 0 Å². The van der Waals surface area contributed by atoms with Crippen LogP contribution in [0.4, 0.5) is 10.8 Å². The second kappa shape index (κ2) is 7.59. The molecule has 4 rings (SSSR count). The van der Waals surface area contributed by atoms with Crippen molar-refractivity contribution in [1.29, 1.82) is 0 Å². The molecule has 1 aliphatic heterocycles. The van der Waals surface area contributed by atoms with Crippen LogP contribution in [0.1, 0.15) is 37.1 Å². The predicted molar refractivity (Wildman–Crippen MR) is 111 cm³/mol. The third kappa shape index (κ3) is 3.76. The van der Waals surface area contributed by atoms with E-state index in [-0.39, 0.29) is 24.5 Å². The topological polar surface area (TPSA) is 88.6 Å². The van der Waals surface area contributed by atoms with Crippen LogP contribution in [-0.4, -0.2) is 35.4 Å². The zero-order valence-electron chi connectivity index (χ0n) is 16.7. The van der Waals surface area contributed by atoms with Crippen molar-refractivity contribution in [1.82, 2.24) is 4.98 Å². The van der Waals surface area contributed by atoms with Crippen LogP contribution in [0.3, 0.4) is 0 Å². The zero-order chi connectivity index (χ0) is 20.7. The number of anilines is 2. The van der Waals surface area contributed by atoms with E-state index in [4.69, 9.17) is 4.74 Å². The van der Waals surface area contributed by atoms with Gasteiger partial charge in [-0.25, -0.2) is 9.78 Å². The highest BCUT2D eigenvalue weighted by Gasteiger charge is 2.39. The molecule has 2 heterocycles. The fourth-order valence-electron chi connectivity index (χ4n) is 3.70. The van der Waals surface area contributed by atoms with E-state index in [2.05, 4.69) is 23.3 Å². The number of carbonyl (C=O) groups is 3. The van der Waals surface area contributed by atoms with E-state index < -0.39 is 11.9 Å². The second-order valence-electron chi connectivity index (χ2n) is 7.48. The van der Waals surface area contributed by atoms with Crippen LogP contribution in [0, 0.1) is 12.8 Å². The van der Waals surface area contributed by atoms with E-state index in [1.54, 1.807) is 6.92 Å². The average Bonchev–Trinajstić information content (AvgIpc) is 3.39. The summed E-state index contributed by atoms with van der Waals surface area (Å²) < 4.78 is 4.70. The summed E-state index contributed by atoms with van der Waals surface area (Å²) >= 11 is 1.31. The molecular formula is C21H23N3O4S. The van der Waals surface area contributed by atoms with E-state index in [1.165, 1.54) is 11.3 Å². The first-order valence-electron chi connectivity index (χ1n) is 9.81. The quantitative estimate of drug-likeness (QED) is 0.614. The fraction of sp³-hybridized carbons (Fsp3) is 0.429. The Balaban J connectivity index is 1.56. The Morgan fingerprint density at radius 3 is 2.76 bits per heavy atom. The normalized spacial score (nSPS) is 17.8. The summed E-state index contributed by atoms with van der Waals surface area (Å²) in [5.41, 5.74) is 3.81. The van der Waals surface area contributed by atoms with Crippen LogP contribution in [0.5, 0.6) is 0 Å². The number of aryl methyl sites for hydroxylation is 1. The molecule has 1 aromatic heterocycles. The largest absolute Gasteiger partial charge is 0.459 e. The number of fused-ring (bicyclic) bond motifs is 1. The van der Waals surface area contributed by atoms with Crippen molar-refractivity contribution in [2.24, 2.45) is 5.92 Å². The Hall–Kier alpha value is -2.74. The molecule has 7 nitrogen and oxygen atoms in total. The Morgan fingerprint density at radius 1 is 1.31 bits per heavy atom. The molecule has 1 N–H and O–H groups in total. The van der Waals surface area contributed by atoms with Crippen molar-refractivity contribution in [3.63, 3.8) is 0 Å². The van der Waals surface area contributed by atoms with Gasteiger partial charge in [0.2, 0.25) is 5.91 Å². The lowest BCUT2D eigenvalue weighted by Gasteiger charge is -2.22. The van der Waals surface area contributed by atoms with Gasteiger partial charge in [-0.05, 0) is 57.7 Å². The van der Waals surface area contributed by atoms with Crippen LogP contribution in [0.25, 0.3) is 11.3 Å². The second-order valence-corrected chi connectivity index (χ2v) is 8.68. The molecule has 1 saturated carbocycles. The molecule has 2 aliphatic rings.